The maximum absolute atomic E-state index is 10.8. The fraction of sp³-hybridized carbons (Fsp3) is 0.333. The fourth-order valence-electron chi connectivity index (χ4n) is 1.65. The Kier molecular flexibility index (Phi) is 15.6. The predicted octanol–water partition coefficient (Wildman–Crippen LogP) is 6.03. The SMILES string of the molecule is CC.CC.CC(C)Sc1ccccc1C(=O)O.O=C(O)c1ccccc1O. The van der Waals surface area contributed by atoms with Crippen LogP contribution < -0.4 is 0 Å². The van der Waals surface area contributed by atoms with Crippen LogP contribution in [-0.2, 0) is 0 Å². The van der Waals surface area contributed by atoms with Gasteiger partial charge in [-0.15, -0.1) is 11.8 Å². The zero-order valence-corrected chi connectivity index (χ0v) is 17.6. The third-order valence-electron chi connectivity index (χ3n) is 2.61. The smallest absolute Gasteiger partial charge is 0.339 e. The van der Waals surface area contributed by atoms with Crippen LogP contribution in [0.25, 0.3) is 0 Å². The van der Waals surface area contributed by atoms with Crippen LogP contribution in [0, 0.1) is 0 Å². The van der Waals surface area contributed by atoms with E-state index in [0.717, 1.165) is 4.90 Å². The molecule has 0 aliphatic heterocycles. The molecule has 0 aliphatic carbocycles. The van der Waals surface area contributed by atoms with E-state index < -0.39 is 11.9 Å². The molecule has 0 amide bonds. The van der Waals surface area contributed by atoms with Crippen LogP contribution in [0.4, 0.5) is 0 Å². The molecule has 0 unspecified atom stereocenters. The molecule has 2 rings (SSSR count). The van der Waals surface area contributed by atoms with Gasteiger partial charge in [0, 0.05) is 10.1 Å². The molecule has 0 heterocycles. The van der Waals surface area contributed by atoms with Crippen molar-refractivity contribution in [2.24, 2.45) is 0 Å². The van der Waals surface area contributed by atoms with Crippen molar-refractivity contribution in [3.63, 3.8) is 0 Å². The zero-order chi connectivity index (χ0) is 21.4. The average Bonchev–Trinajstić information content (AvgIpc) is 2.65. The third-order valence-corrected chi connectivity index (χ3v) is 3.70. The van der Waals surface area contributed by atoms with Gasteiger partial charge in [-0.1, -0.05) is 65.8 Å². The lowest BCUT2D eigenvalue weighted by Crippen LogP contribution is -1.99. The van der Waals surface area contributed by atoms with E-state index in [0.29, 0.717) is 10.8 Å². The third kappa shape index (κ3) is 11.0. The molecule has 0 saturated carbocycles. The quantitative estimate of drug-likeness (QED) is 0.548. The largest absolute Gasteiger partial charge is 0.507 e. The lowest BCUT2D eigenvalue weighted by Gasteiger charge is -2.07. The zero-order valence-electron chi connectivity index (χ0n) is 16.8. The molecule has 5 nitrogen and oxygen atoms in total. The van der Waals surface area contributed by atoms with Crippen LogP contribution in [0.1, 0.15) is 62.3 Å². The number of benzene rings is 2. The van der Waals surface area contributed by atoms with E-state index in [1.807, 2.05) is 53.7 Å². The highest BCUT2D eigenvalue weighted by atomic mass is 32.2. The molecule has 150 valence electrons. The molecule has 6 heteroatoms. The van der Waals surface area contributed by atoms with Crippen LogP contribution in [0.3, 0.4) is 0 Å². The lowest BCUT2D eigenvalue weighted by molar-refractivity contribution is 0.0682. The molecule has 0 saturated heterocycles. The lowest BCUT2D eigenvalue weighted by atomic mass is 10.2. The van der Waals surface area contributed by atoms with Gasteiger partial charge >= 0.3 is 11.9 Å². The molecule has 2 aromatic rings. The van der Waals surface area contributed by atoms with Crippen molar-refractivity contribution in [1.29, 1.82) is 0 Å². The van der Waals surface area contributed by atoms with E-state index >= 15 is 0 Å². The molecule has 0 aliphatic rings. The summed E-state index contributed by atoms with van der Waals surface area (Å²) in [5.74, 6) is -2.17. The Labute approximate surface area is 166 Å². The maximum atomic E-state index is 10.8. The molecular formula is C21H30O5S. The highest BCUT2D eigenvalue weighted by molar-refractivity contribution is 8.00. The molecule has 3 N–H and O–H groups in total. The highest BCUT2D eigenvalue weighted by Crippen LogP contribution is 2.26. The normalized spacial score (nSPS) is 8.85. The molecule has 0 aromatic heterocycles. The minimum atomic E-state index is -1.11. The summed E-state index contributed by atoms with van der Waals surface area (Å²) in [5.41, 5.74) is 0.323. The summed E-state index contributed by atoms with van der Waals surface area (Å²) in [6.07, 6.45) is 0. The van der Waals surface area contributed by atoms with Gasteiger partial charge in [-0.3, -0.25) is 0 Å². The summed E-state index contributed by atoms with van der Waals surface area (Å²) in [5, 5.41) is 26.6. The second-order valence-corrected chi connectivity index (χ2v) is 6.41. The van der Waals surface area contributed by atoms with Gasteiger partial charge in [-0.25, -0.2) is 9.59 Å². The molecule has 2 aromatic carbocycles. The van der Waals surface area contributed by atoms with Crippen molar-refractivity contribution in [3.8, 4) is 5.75 Å². The van der Waals surface area contributed by atoms with Crippen LogP contribution in [0.5, 0.6) is 5.75 Å². The molecule has 0 spiro atoms. The summed E-state index contributed by atoms with van der Waals surface area (Å²) in [6.45, 7) is 12.1. The van der Waals surface area contributed by atoms with E-state index in [-0.39, 0.29) is 11.3 Å². The van der Waals surface area contributed by atoms with E-state index in [4.69, 9.17) is 15.3 Å². The number of carbonyl (C=O) groups is 2. The van der Waals surface area contributed by atoms with Gasteiger partial charge in [0.15, 0.2) is 0 Å². The molecule has 0 fully saturated rings. The number of carboxylic acids is 2. The number of para-hydroxylation sites is 1. The van der Waals surface area contributed by atoms with Gasteiger partial charge in [-0.2, -0.15) is 0 Å². The van der Waals surface area contributed by atoms with Crippen LogP contribution in [-0.4, -0.2) is 32.5 Å². The van der Waals surface area contributed by atoms with Gasteiger partial charge < -0.3 is 15.3 Å². The average molecular weight is 395 g/mol. The second kappa shape index (κ2) is 15.8. The Hall–Kier alpha value is -2.47. The monoisotopic (exact) mass is 394 g/mol. The Balaban J connectivity index is 0. The number of aromatic carboxylic acids is 2. The fourth-order valence-corrected chi connectivity index (χ4v) is 2.60. The second-order valence-electron chi connectivity index (χ2n) is 4.79. The molecule has 0 bridgehead atoms. The summed E-state index contributed by atoms with van der Waals surface area (Å²) >= 11 is 1.57. The number of carboxylic acid groups (broad SMARTS) is 2. The van der Waals surface area contributed by atoms with Crippen molar-refractivity contribution < 1.29 is 24.9 Å². The van der Waals surface area contributed by atoms with Crippen molar-refractivity contribution >= 4 is 23.7 Å². The van der Waals surface area contributed by atoms with Crippen LogP contribution >= 0.6 is 11.8 Å². The Morgan fingerprint density at radius 2 is 1.19 bits per heavy atom. The Morgan fingerprint density at radius 1 is 0.778 bits per heavy atom. The van der Waals surface area contributed by atoms with Gasteiger partial charge in [0.05, 0.1) is 5.56 Å². The van der Waals surface area contributed by atoms with E-state index in [2.05, 4.69) is 0 Å². The number of aromatic hydroxyl groups is 1. The molecular weight excluding hydrogens is 364 g/mol. The summed E-state index contributed by atoms with van der Waals surface area (Å²) < 4.78 is 0. The maximum Gasteiger partial charge on any atom is 0.339 e. The van der Waals surface area contributed by atoms with Gasteiger partial charge in [-0.05, 0) is 24.3 Å². The Morgan fingerprint density at radius 3 is 1.56 bits per heavy atom. The topological polar surface area (TPSA) is 94.8 Å². The van der Waals surface area contributed by atoms with Gasteiger partial charge in [0.25, 0.3) is 0 Å². The number of phenols is 1. The highest BCUT2D eigenvalue weighted by Gasteiger charge is 2.10. The van der Waals surface area contributed by atoms with Crippen LogP contribution in [0.15, 0.2) is 53.4 Å². The molecule has 27 heavy (non-hydrogen) atoms. The molecule has 0 radical (unpaired) electrons. The predicted molar refractivity (Wildman–Crippen MR) is 112 cm³/mol. The summed E-state index contributed by atoms with van der Waals surface area (Å²) in [7, 11) is 0. The van der Waals surface area contributed by atoms with Crippen molar-refractivity contribution in [1.82, 2.24) is 0 Å². The molecule has 0 atom stereocenters. The van der Waals surface area contributed by atoms with Crippen molar-refractivity contribution in [3.05, 3.63) is 59.7 Å². The number of hydrogen-bond acceptors (Lipinski definition) is 4. The standard InChI is InChI=1S/C10H12O2S.C7H6O3.2C2H6/c1-7(2)13-9-6-4-3-5-8(9)10(11)12;8-6-4-2-1-3-5(6)7(9)10;2*1-2/h3-7H,1-2H3,(H,11,12);1-4,8H,(H,9,10);2*1-2H3. The van der Waals surface area contributed by atoms with Gasteiger partial charge in [0.2, 0.25) is 0 Å². The van der Waals surface area contributed by atoms with E-state index in [1.165, 1.54) is 12.1 Å². The summed E-state index contributed by atoms with van der Waals surface area (Å²) in [6, 6.07) is 12.9. The number of thioether (sulfide) groups is 1. The first-order valence-electron chi connectivity index (χ1n) is 8.83. The number of rotatable bonds is 4. The minimum Gasteiger partial charge on any atom is -0.507 e. The van der Waals surface area contributed by atoms with E-state index in [9.17, 15) is 9.59 Å². The Bertz CT molecular complexity index is 684. The first kappa shape index (κ1) is 26.8. The van der Waals surface area contributed by atoms with Gasteiger partial charge in [0.1, 0.15) is 11.3 Å². The summed E-state index contributed by atoms with van der Waals surface area (Å²) in [4.78, 5) is 21.9. The first-order chi connectivity index (χ1) is 12.8. The van der Waals surface area contributed by atoms with Crippen molar-refractivity contribution in [2.45, 2.75) is 51.7 Å². The van der Waals surface area contributed by atoms with E-state index in [1.54, 1.807) is 36.0 Å². The first-order valence-corrected chi connectivity index (χ1v) is 9.71. The van der Waals surface area contributed by atoms with Crippen LogP contribution in [0.2, 0.25) is 0 Å². The minimum absolute atomic E-state index is 0.0671. The van der Waals surface area contributed by atoms with Crippen molar-refractivity contribution in [2.75, 3.05) is 0 Å². The number of hydrogen-bond donors (Lipinski definition) is 3.